The largest absolute Gasteiger partial charge is 0.212 e. The smallest absolute Gasteiger partial charge is 0.0993 e. The Morgan fingerprint density at radius 2 is 2.38 bits per heavy atom. The van der Waals surface area contributed by atoms with Gasteiger partial charge in [-0.05, 0) is 31.3 Å². The minimum atomic E-state index is 0.168. The Bertz CT molecular complexity index is 137. The van der Waals surface area contributed by atoms with Gasteiger partial charge in [-0.3, -0.25) is 0 Å². The van der Waals surface area contributed by atoms with Gasteiger partial charge in [-0.1, -0.05) is 0 Å². The molecule has 0 radical (unpaired) electrons. The number of hydrogen-bond acceptors (Lipinski definition) is 0. The summed E-state index contributed by atoms with van der Waals surface area (Å²) >= 11 is 0. The van der Waals surface area contributed by atoms with Crippen LogP contribution < -0.4 is 0 Å². The summed E-state index contributed by atoms with van der Waals surface area (Å²) in [5.41, 5.74) is 0. The summed E-state index contributed by atoms with van der Waals surface area (Å²) in [6.07, 6.45) is 5.24. The first-order valence-corrected chi connectivity index (χ1v) is 3.23. The number of hydrogen-bond donors (Lipinski definition) is 0. The predicted octanol–water partition coefficient (Wildman–Crippen LogP) is 2.27. The van der Waals surface area contributed by atoms with Crippen molar-refractivity contribution in [3.63, 3.8) is 0 Å². The zero-order valence-corrected chi connectivity index (χ0v) is 4.73. The van der Waals surface area contributed by atoms with Gasteiger partial charge in [0.15, 0.2) is 0 Å². The Morgan fingerprint density at radius 3 is 2.62 bits per heavy atom. The molecule has 2 unspecified atom stereocenters. The molecule has 0 heterocycles. The molecule has 0 aliphatic heterocycles. The monoisotopic (exact) mass is 112 g/mol. The van der Waals surface area contributed by atoms with Crippen LogP contribution in [0.3, 0.4) is 0 Å². The van der Waals surface area contributed by atoms with E-state index in [9.17, 15) is 4.39 Å². The highest BCUT2D eigenvalue weighted by Crippen LogP contribution is 2.43. The molecule has 2 atom stereocenters. The maximum absolute atomic E-state index is 12.5. The van der Waals surface area contributed by atoms with Crippen molar-refractivity contribution in [3.8, 4) is 0 Å². The molecule has 0 amide bonds. The number of allylic oxidation sites excluding steroid dienone is 2. The second-order valence-electron chi connectivity index (χ2n) is 2.82. The fourth-order valence-electron chi connectivity index (χ4n) is 1.78. The number of fused-ring (bicyclic) bond motifs is 2. The Balaban J connectivity index is 2.29. The molecule has 0 aromatic rings. The summed E-state index contributed by atoms with van der Waals surface area (Å²) in [5.74, 6) is 1.11. The van der Waals surface area contributed by atoms with E-state index in [2.05, 4.69) is 0 Å². The summed E-state index contributed by atoms with van der Waals surface area (Å²) in [6.45, 7) is 0. The topological polar surface area (TPSA) is 0 Å². The van der Waals surface area contributed by atoms with Crippen LogP contribution in [0.15, 0.2) is 11.9 Å². The number of rotatable bonds is 0. The zero-order chi connectivity index (χ0) is 5.56. The standard InChI is InChI=1S/C7H9F/c8-7-4-5-1-2-6(7)3-5/h4-6H,1-3H2. The first kappa shape index (κ1) is 4.54. The molecule has 1 fully saturated rings. The highest BCUT2D eigenvalue weighted by Gasteiger charge is 2.32. The fourth-order valence-corrected chi connectivity index (χ4v) is 1.78. The normalized spacial score (nSPS) is 42.9. The van der Waals surface area contributed by atoms with Crippen molar-refractivity contribution in [2.75, 3.05) is 0 Å². The van der Waals surface area contributed by atoms with Gasteiger partial charge in [0.25, 0.3) is 0 Å². The minimum absolute atomic E-state index is 0.168. The van der Waals surface area contributed by atoms with Gasteiger partial charge < -0.3 is 0 Å². The lowest BCUT2D eigenvalue weighted by atomic mass is 10.1. The van der Waals surface area contributed by atoms with Gasteiger partial charge in [0.05, 0.1) is 5.83 Å². The van der Waals surface area contributed by atoms with Crippen molar-refractivity contribution in [1.29, 1.82) is 0 Å². The highest BCUT2D eigenvalue weighted by molar-refractivity contribution is 5.12. The molecule has 0 N–H and O–H groups in total. The third-order valence-electron chi connectivity index (χ3n) is 2.26. The molecule has 1 heteroatoms. The summed E-state index contributed by atoms with van der Waals surface area (Å²) in [6, 6.07) is 0. The third-order valence-corrected chi connectivity index (χ3v) is 2.26. The van der Waals surface area contributed by atoms with E-state index in [1.165, 1.54) is 6.42 Å². The van der Waals surface area contributed by atoms with Crippen molar-refractivity contribution in [3.05, 3.63) is 11.9 Å². The second kappa shape index (κ2) is 1.34. The Labute approximate surface area is 48.4 Å². The van der Waals surface area contributed by atoms with E-state index < -0.39 is 0 Å². The van der Waals surface area contributed by atoms with Crippen molar-refractivity contribution in [2.45, 2.75) is 19.3 Å². The van der Waals surface area contributed by atoms with Crippen molar-refractivity contribution >= 4 is 0 Å². The number of halogens is 1. The Hall–Kier alpha value is -0.330. The average Bonchev–Trinajstić information content (AvgIpc) is 2.23. The van der Waals surface area contributed by atoms with E-state index in [-0.39, 0.29) is 5.83 Å². The van der Waals surface area contributed by atoms with Gasteiger partial charge in [-0.2, -0.15) is 0 Å². The van der Waals surface area contributed by atoms with Crippen molar-refractivity contribution in [1.82, 2.24) is 0 Å². The van der Waals surface area contributed by atoms with E-state index in [1.54, 1.807) is 6.08 Å². The average molecular weight is 112 g/mol. The molecule has 2 bridgehead atoms. The molecule has 0 nitrogen and oxygen atoms in total. The van der Waals surface area contributed by atoms with E-state index in [1.807, 2.05) is 0 Å². The molecule has 2 rings (SSSR count). The van der Waals surface area contributed by atoms with Gasteiger partial charge in [-0.15, -0.1) is 0 Å². The van der Waals surface area contributed by atoms with Gasteiger partial charge in [-0.25, -0.2) is 4.39 Å². The maximum atomic E-state index is 12.5. The first-order chi connectivity index (χ1) is 3.86. The molecule has 8 heavy (non-hydrogen) atoms. The summed E-state index contributed by atoms with van der Waals surface area (Å²) in [4.78, 5) is 0. The summed E-state index contributed by atoms with van der Waals surface area (Å²) in [5, 5.41) is 0. The summed E-state index contributed by atoms with van der Waals surface area (Å²) < 4.78 is 12.5. The van der Waals surface area contributed by atoms with Crippen molar-refractivity contribution < 1.29 is 4.39 Å². The molecule has 2 aliphatic rings. The first-order valence-electron chi connectivity index (χ1n) is 3.23. The highest BCUT2D eigenvalue weighted by atomic mass is 19.1. The summed E-state index contributed by atoms with van der Waals surface area (Å²) in [7, 11) is 0. The lowest BCUT2D eigenvalue weighted by Crippen LogP contribution is -1.89. The van der Waals surface area contributed by atoms with Crippen LogP contribution in [0.1, 0.15) is 19.3 Å². The quantitative estimate of drug-likeness (QED) is 0.451. The van der Waals surface area contributed by atoms with Gasteiger partial charge in [0.2, 0.25) is 0 Å². The molecule has 2 aliphatic carbocycles. The molecule has 1 saturated carbocycles. The van der Waals surface area contributed by atoms with Gasteiger partial charge in [0.1, 0.15) is 0 Å². The molecule has 0 aromatic heterocycles. The van der Waals surface area contributed by atoms with E-state index in [0.717, 1.165) is 12.8 Å². The molecule has 0 aromatic carbocycles. The minimum Gasteiger partial charge on any atom is -0.212 e. The van der Waals surface area contributed by atoms with Crippen LogP contribution in [0, 0.1) is 11.8 Å². The van der Waals surface area contributed by atoms with Crippen LogP contribution in [-0.4, -0.2) is 0 Å². The van der Waals surface area contributed by atoms with Crippen LogP contribution in [0.25, 0.3) is 0 Å². The lowest BCUT2D eigenvalue weighted by Gasteiger charge is -2.01. The van der Waals surface area contributed by atoms with Crippen LogP contribution in [0.5, 0.6) is 0 Å². The van der Waals surface area contributed by atoms with E-state index in [4.69, 9.17) is 0 Å². The van der Waals surface area contributed by atoms with Gasteiger partial charge >= 0.3 is 0 Å². The molecular weight excluding hydrogens is 103 g/mol. The fraction of sp³-hybridized carbons (Fsp3) is 0.714. The Kier molecular flexibility index (Phi) is 0.758. The van der Waals surface area contributed by atoms with E-state index >= 15 is 0 Å². The molecular formula is C7H9F. The molecule has 44 valence electrons. The second-order valence-corrected chi connectivity index (χ2v) is 2.82. The van der Waals surface area contributed by atoms with Crippen molar-refractivity contribution in [2.24, 2.45) is 11.8 Å². The van der Waals surface area contributed by atoms with Crippen LogP contribution in [-0.2, 0) is 0 Å². The lowest BCUT2D eigenvalue weighted by molar-refractivity contribution is 0.486. The van der Waals surface area contributed by atoms with E-state index in [0.29, 0.717) is 11.8 Å². The van der Waals surface area contributed by atoms with Crippen LogP contribution >= 0.6 is 0 Å². The Morgan fingerprint density at radius 1 is 1.50 bits per heavy atom. The maximum Gasteiger partial charge on any atom is 0.0993 e. The van der Waals surface area contributed by atoms with Crippen LogP contribution in [0.4, 0.5) is 4.39 Å². The predicted molar refractivity (Wildman–Crippen MR) is 30.0 cm³/mol. The zero-order valence-electron chi connectivity index (χ0n) is 4.73. The SMILES string of the molecule is FC1=CC2CCC1C2. The van der Waals surface area contributed by atoms with Crippen LogP contribution in [0.2, 0.25) is 0 Å². The van der Waals surface area contributed by atoms with Gasteiger partial charge in [0, 0.05) is 5.92 Å². The third kappa shape index (κ3) is 0.445. The molecule has 0 saturated heterocycles. The molecule has 0 spiro atoms.